The molecular formula is C17H32O2Si. The zero-order valence-electron chi connectivity index (χ0n) is 14.2. The van der Waals surface area contributed by atoms with Gasteiger partial charge in [0.2, 0.25) is 0 Å². The minimum Gasteiger partial charge on any atom is -0.417 e. The molecule has 1 aliphatic rings. The highest BCUT2D eigenvalue weighted by Gasteiger charge is 2.37. The molecule has 0 aromatic carbocycles. The predicted octanol–water partition coefficient (Wildman–Crippen LogP) is 5.08. The van der Waals surface area contributed by atoms with Gasteiger partial charge in [0.05, 0.1) is 12.7 Å². The Hall–Kier alpha value is -0.383. The lowest BCUT2D eigenvalue weighted by atomic mass is 10.1. The van der Waals surface area contributed by atoms with E-state index in [9.17, 15) is 0 Å². The van der Waals surface area contributed by atoms with E-state index in [1.54, 1.807) is 0 Å². The minimum absolute atomic E-state index is 0.288. The van der Waals surface area contributed by atoms with E-state index in [1.807, 2.05) is 6.08 Å². The molecule has 0 radical (unpaired) electrons. The third kappa shape index (κ3) is 5.19. The van der Waals surface area contributed by atoms with E-state index in [0.717, 1.165) is 25.9 Å². The standard InChI is InChI=1S/C17H32O2Si/c1-8-11-18-16(15-13-14(15)2)10-9-12-19-20(6,7)17(3,4)5/h8,16H,1,9-13H2,2-7H3. The van der Waals surface area contributed by atoms with E-state index in [-0.39, 0.29) is 6.10 Å². The van der Waals surface area contributed by atoms with E-state index >= 15 is 0 Å². The largest absolute Gasteiger partial charge is 0.417 e. The molecule has 0 aromatic heterocycles. The summed E-state index contributed by atoms with van der Waals surface area (Å²) < 4.78 is 12.1. The van der Waals surface area contributed by atoms with Gasteiger partial charge >= 0.3 is 0 Å². The molecule has 1 rings (SSSR count). The number of hydrogen-bond acceptors (Lipinski definition) is 2. The second kappa shape index (κ2) is 7.06. The smallest absolute Gasteiger partial charge is 0.191 e. The summed E-state index contributed by atoms with van der Waals surface area (Å²) in [5, 5.41) is 0.293. The molecule has 0 heterocycles. The highest BCUT2D eigenvalue weighted by molar-refractivity contribution is 6.74. The van der Waals surface area contributed by atoms with Crippen molar-refractivity contribution < 1.29 is 9.16 Å². The number of ether oxygens (including phenoxy) is 1. The molecule has 2 nitrogen and oxygen atoms in total. The van der Waals surface area contributed by atoms with Crippen LogP contribution >= 0.6 is 0 Å². The maximum Gasteiger partial charge on any atom is 0.191 e. The van der Waals surface area contributed by atoms with Crippen molar-refractivity contribution in [3.63, 3.8) is 0 Å². The third-order valence-corrected chi connectivity index (χ3v) is 9.10. The number of hydrogen-bond donors (Lipinski definition) is 0. The van der Waals surface area contributed by atoms with Gasteiger partial charge in [-0.2, -0.15) is 0 Å². The van der Waals surface area contributed by atoms with Gasteiger partial charge in [0.25, 0.3) is 0 Å². The van der Waals surface area contributed by atoms with Crippen molar-refractivity contribution in [2.24, 2.45) is 0 Å². The van der Waals surface area contributed by atoms with Crippen molar-refractivity contribution in [1.29, 1.82) is 0 Å². The van der Waals surface area contributed by atoms with Crippen LogP contribution < -0.4 is 0 Å². The molecule has 20 heavy (non-hydrogen) atoms. The first kappa shape index (κ1) is 17.7. The molecule has 0 amide bonds. The molecule has 0 bridgehead atoms. The first-order chi connectivity index (χ1) is 9.19. The predicted molar refractivity (Wildman–Crippen MR) is 89.6 cm³/mol. The van der Waals surface area contributed by atoms with Gasteiger partial charge in [0.15, 0.2) is 8.32 Å². The minimum atomic E-state index is -1.60. The molecule has 1 atom stereocenters. The summed E-state index contributed by atoms with van der Waals surface area (Å²) in [5.41, 5.74) is 3.00. The molecule has 0 spiro atoms. The molecule has 1 unspecified atom stereocenters. The molecule has 1 aliphatic carbocycles. The number of allylic oxidation sites excluding steroid dienone is 1. The topological polar surface area (TPSA) is 18.5 Å². The van der Waals surface area contributed by atoms with E-state index in [1.165, 1.54) is 11.1 Å². The van der Waals surface area contributed by atoms with Crippen molar-refractivity contribution in [2.75, 3.05) is 13.2 Å². The van der Waals surface area contributed by atoms with Crippen LogP contribution in [0.4, 0.5) is 0 Å². The van der Waals surface area contributed by atoms with E-state index in [0.29, 0.717) is 11.6 Å². The van der Waals surface area contributed by atoms with Crippen LogP contribution in [-0.4, -0.2) is 27.6 Å². The van der Waals surface area contributed by atoms with Crippen molar-refractivity contribution in [3.05, 3.63) is 23.8 Å². The lowest BCUT2D eigenvalue weighted by Crippen LogP contribution is -2.41. The molecule has 0 aliphatic heterocycles. The number of rotatable bonds is 9. The van der Waals surface area contributed by atoms with Gasteiger partial charge in [-0.05, 0) is 49.9 Å². The van der Waals surface area contributed by atoms with Gasteiger partial charge in [-0.25, -0.2) is 0 Å². The van der Waals surface area contributed by atoms with Crippen LogP contribution in [-0.2, 0) is 9.16 Å². The molecule has 0 aromatic rings. The molecule has 0 N–H and O–H groups in total. The van der Waals surface area contributed by atoms with Gasteiger partial charge in [-0.15, -0.1) is 6.58 Å². The molecule has 3 heteroatoms. The normalized spacial score (nSPS) is 17.3. The Morgan fingerprint density at radius 1 is 1.35 bits per heavy atom. The summed E-state index contributed by atoms with van der Waals surface area (Å²) in [7, 11) is -1.60. The SMILES string of the molecule is C=CCOC(CCCO[Si](C)(C)C(C)(C)C)C1=C(C)C1. The molecule has 116 valence electrons. The van der Waals surface area contributed by atoms with E-state index in [2.05, 4.69) is 47.4 Å². The first-order valence-corrected chi connectivity index (χ1v) is 10.6. The second-order valence-electron chi connectivity index (χ2n) is 7.34. The zero-order valence-corrected chi connectivity index (χ0v) is 15.2. The van der Waals surface area contributed by atoms with Crippen molar-refractivity contribution >= 4 is 8.32 Å². The van der Waals surface area contributed by atoms with Crippen LogP contribution in [0.3, 0.4) is 0 Å². The fraction of sp³-hybridized carbons (Fsp3) is 0.765. The Labute approximate surface area is 126 Å². The van der Waals surface area contributed by atoms with Crippen LogP contribution in [0.2, 0.25) is 18.1 Å². The van der Waals surface area contributed by atoms with Crippen LogP contribution in [0.5, 0.6) is 0 Å². The van der Waals surface area contributed by atoms with E-state index in [4.69, 9.17) is 9.16 Å². The molecule has 0 saturated carbocycles. The molecule has 0 fully saturated rings. The summed E-state index contributed by atoms with van der Waals surface area (Å²) in [5.74, 6) is 0. The van der Waals surface area contributed by atoms with Gasteiger partial charge in [0.1, 0.15) is 0 Å². The Balaban J connectivity index is 2.33. The van der Waals surface area contributed by atoms with Crippen molar-refractivity contribution in [3.8, 4) is 0 Å². The lowest BCUT2D eigenvalue weighted by molar-refractivity contribution is 0.0910. The second-order valence-corrected chi connectivity index (χ2v) is 12.2. The Morgan fingerprint density at radius 2 is 1.95 bits per heavy atom. The van der Waals surface area contributed by atoms with Gasteiger partial charge < -0.3 is 9.16 Å². The van der Waals surface area contributed by atoms with Crippen LogP contribution in [0.1, 0.15) is 47.0 Å². The maximum atomic E-state index is 6.22. The quantitative estimate of drug-likeness (QED) is 0.335. The Kier molecular flexibility index (Phi) is 6.23. The van der Waals surface area contributed by atoms with Gasteiger partial charge in [-0.1, -0.05) is 32.4 Å². The summed E-state index contributed by atoms with van der Waals surface area (Å²) in [6, 6.07) is 0. The van der Waals surface area contributed by atoms with Crippen LogP contribution in [0, 0.1) is 0 Å². The highest BCUT2D eigenvalue weighted by Crippen LogP contribution is 2.38. The third-order valence-electron chi connectivity index (χ3n) is 4.56. The average molecular weight is 297 g/mol. The maximum absolute atomic E-state index is 6.22. The van der Waals surface area contributed by atoms with Crippen LogP contribution in [0.25, 0.3) is 0 Å². The fourth-order valence-electron chi connectivity index (χ4n) is 1.99. The average Bonchev–Trinajstić information content (AvgIpc) is 3.04. The van der Waals surface area contributed by atoms with Crippen LogP contribution in [0.15, 0.2) is 23.8 Å². The van der Waals surface area contributed by atoms with Gasteiger partial charge in [0, 0.05) is 6.61 Å². The first-order valence-electron chi connectivity index (χ1n) is 7.74. The Morgan fingerprint density at radius 3 is 2.40 bits per heavy atom. The summed E-state index contributed by atoms with van der Waals surface area (Å²) in [6.07, 6.45) is 5.42. The zero-order chi connectivity index (χ0) is 15.4. The highest BCUT2D eigenvalue weighted by atomic mass is 28.4. The van der Waals surface area contributed by atoms with Crippen molar-refractivity contribution in [2.45, 2.75) is 71.2 Å². The molecular weight excluding hydrogens is 264 g/mol. The summed E-state index contributed by atoms with van der Waals surface area (Å²) in [4.78, 5) is 0. The summed E-state index contributed by atoms with van der Waals surface area (Å²) >= 11 is 0. The molecule has 0 saturated heterocycles. The lowest BCUT2D eigenvalue weighted by Gasteiger charge is -2.36. The van der Waals surface area contributed by atoms with Gasteiger partial charge in [-0.3, -0.25) is 0 Å². The monoisotopic (exact) mass is 296 g/mol. The van der Waals surface area contributed by atoms with E-state index < -0.39 is 8.32 Å². The summed E-state index contributed by atoms with van der Waals surface area (Å²) in [6.45, 7) is 18.9. The van der Waals surface area contributed by atoms with Crippen molar-refractivity contribution in [1.82, 2.24) is 0 Å². The Bertz CT molecular complexity index is 364. The fourth-order valence-corrected chi connectivity index (χ4v) is 3.07.